The zero-order chi connectivity index (χ0) is 20.0. The first kappa shape index (κ1) is 17.4. The molecule has 0 spiro atoms. The van der Waals surface area contributed by atoms with Crippen molar-refractivity contribution in [2.24, 2.45) is 0 Å². The van der Waals surface area contributed by atoms with Gasteiger partial charge in [0, 0.05) is 66.7 Å². The molecule has 0 amide bonds. The first-order valence-electron chi connectivity index (χ1n) is 9.45. The highest BCUT2D eigenvalue weighted by Gasteiger charge is 2.21. The van der Waals surface area contributed by atoms with E-state index in [2.05, 4.69) is 36.0 Å². The number of fused-ring (bicyclic) bond motifs is 2. The maximum Gasteiger partial charge on any atom is 0.274 e. The fourth-order valence-electron chi connectivity index (χ4n) is 3.76. The summed E-state index contributed by atoms with van der Waals surface area (Å²) >= 11 is 0. The quantitative estimate of drug-likeness (QED) is 0.522. The molecule has 8 nitrogen and oxygen atoms in total. The molecule has 1 aliphatic rings. The summed E-state index contributed by atoms with van der Waals surface area (Å²) in [6.07, 6.45) is 7.78. The van der Waals surface area contributed by atoms with Crippen LogP contribution in [-0.4, -0.2) is 36.1 Å². The molecule has 0 fully saturated rings. The van der Waals surface area contributed by atoms with Crippen LogP contribution in [-0.2, 0) is 13.0 Å². The molecule has 4 aromatic heterocycles. The Bertz CT molecular complexity index is 1280. The van der Waals surface area contributed by atoms with Gasteiger partial charge in [-0.1, -0.05) is 0 Å². The molecule has 0 N–H and O–H groups in total. The average Bonchev–Trinajstić information content (AvgIpc) is 2.73. The van der Waals surface area contributed by atoms with Gasteiger partial charge in [0.15, 0.2) is 11.5 Å². The van der Waals surface area contributed by atoms with Gasteiger partial charge in [-0.25, -0.2) is 15.0 Å². The Labute approximate surface area is 166 Å². The van der Waals surface area contributed by atoms with Crippen LogP contribution >= 0.6 is 0 Å². The molecule has 29 heavy (non-hydrogen) atoms. The minimum absolute atomic E-state index is 0.167. The van der Waals surface area contributed by atoms with E-state index in [1.54, 1.807) is 12.4 Å². The molecule has 1 aliphatic heterocycles. The van der Waals surface area contributed by atoms with Crippen LogP contribution in [0.4, 0.5) is 5.82 Å². The van der Waals surface area contributed by atoms with E-state index in [4.69, 9.17) is 0 Å². The van der Waals surface area contributed by atoms with Crippen molar-refractivity contribution in [2.75, 3.05) is 11.4 Å². The third-order valence-electron chi connectivity index (χ3n) is 5.18. The second-order valence-electron chi connectivity index (χ2n) is 7.29. The first-order valence-corrected chi connectivity index (χ1v) is 9.45. The average molecular weight is 385 g/mol. The predicted octanol–water partition coefficient (Wildman–Crippen LogP) is 2.12. The highest BCUT2D eigenvalue weighted by molar-refractivity contribution is 5.62. The Balaban J connectivity index is 1.54. The second-order valence-corrected chi connectivity index (χ2v) is 7.29. The number of pyridine rings is 1. The Morgan fingerprint density at radius 2 is 1.83 bits per heavy atom. The van der Waals surface area contributed by atoms with E-state index in [9.17, 15) is 4.79 Å². The number of rotatable bonds is 2. The largest absolute Gasteiger partial charge is 0.350 e. The second kappa shape index (κ2) is 6.73. The summed E-state index contributed by atoms with van der Waals surface area (Å²) in [5.41, 5.74) is 6.26. The zero-order valence-electron chi connectivity index (χ0n) is 16.2. The van der Waals surface area contributed by atoms with Crippen molar-refractivity contribution in [3.05, 3.63) is 76.0 Å². The lowest BCUT2D eigenvalue weighted by atomic mass is 10.0. The molecule has 0 radical (unpaired) electrons. The molecule has 8 heteroatoms. The maximum absolute atomic E-state index is 12.4. The van der Waals surface area contributed by atoms with Gasteiger partial charge in [0.2, 0.25) is 0 Å². The van der Waals surface area contributed by atoms with Crippen molar-refractivity contribution in [1.29, 1.82) is 0 Å². The summed E-state index contributed by atoms with van der Waals surface area (Å²) in [4.78, 5) is 31.8. The smallest absolute Gasteiger partial charge is 0.274 e. The van der Waals surface area contributed by atoms with E-state index in [1.807, 2.05) is 26.1 Å². The highest BCUT2D eigenvalue weighted by Crippen LogP contribution is 2.27. The monoisotopic (exact) mass is 385 g/mol. The highest BCUT2D eigenvalue weighted by atomic mass is 16.1. The van der Waals surface area contributed by atoms with Crippen LogP contribution < -0.4 is 10.5 Å². The van der Waals surface area contributed by atoms with E-state index in [1.165, 1.54) is 16.9 Å². The van der Waals surface area contributed by atoms with Crippen LogP contribution in [0.25, 0.3) is 16.8 Å². The van der Waals surface area contributed by atoms with E-state index < -0.39 is 0 Å². The molecule has 4 aromatic rings. The van der Waals surface area contributed by atoms with Gasteiger partial charge in [-0.15, -0.1) is 5.10 Å². The van der Waals surface area contributed by atoms with Gasteiger partial charge in [0.05, 0.1) is 0 Å². The van der Waals surface area contributed by atoms with Crippen LogP contribution in [0.15, 0.2) is 47.9 Å². The predicted molar refractivity (Wildman–Crippen MR) is 109 cm³/mol. The molecule has 0 saturated heterocycles. The molecular formula is C21H19N7O. The zero-order valence-corrected chi connectivity index (χ0v) is 16.2. The van der Waals surface area contributed by atoms with E-state index in [0.29, 0.717) is 17.9 Å². The van der Waals surface area contributed by atoms with Crippen molar-refractivity contribution in [1.82, 2.24) is 29.5 Å². The van der Waals surface area contributed by atoms with E-state index >= 15 is 0 Å². The Morgan fingerprint density at radius 1 is 1.00 bits per heavy atom. The molecular weight excluding hydrogens is 366 g/mol. The number of aromatic nitrogens is 6. The Morgan fingerprint density at radius 3 is 2.66 bits per heavy atom. The molecule has 0 aromatic carbocycles. The van der Waals surface area contributed by atoms with Crippen molar-refractivity contribution in [2.45, 2.75) is 26.8 Å². The summed E-state index contributed by atoms with van der Waals surface area (Å²) < 4.78 is 1.38. The SMILES string of the molecule is Cc1cc(=O)n2nc(N3CCc4ncc(-c5cncnc5)cc4C3)c(C)cc2n1. The molecule has 0 bridgehead atoms. The van der Waals surface area contributed by atoms with Crippen molar-refractivity contribution >= 4 is 11.5 Å². The van der Waals surface area contributed by atoms with Gasteiger partial charge in [-0.3, -0.25) is 9.78 Å². The van der Waals surface area contributed by atoms with Crippen LogP contribution in [0.2, 0.25) is 0 Å². The van der Waals surface area contributed by atoms with Crippen molar-refractivity contribution < 1.29 is 0 Å². The van der Waals surface area contributed by atoms with Gasteiger partial charge >= 0.3 is 0 Å². The topological polar surface area (TPSA) is 89.2 Å². The number of aryl methyl sites for hydroxylation is 2. The lowest BCUT2D eigenvalue weighted by Gasteiger charge is -2.30. The molecule has 0 aliphatic carbocycles. The van der Waals surface area contributed by atoms with Crippen molar-refractivity contribution in [3.63, 3.8) is 0 Å². The summed E-state index contributed by atoms with van der Waals surface area (Å²) in [5, 5.41) is 4.62. The van der Waals surface area contributed by atoms with Gasteiger partial charge in [-0.05, 0) is 37.1 Å². The van der Waals surface area contributed by atoms with Crippen LogP contribution in [0, 0.1) is 13.8 Å². The summed E-state index contributed by atoms with van der Waals surface area (Å²) in [7, 11) is 0. The minimum Gasteiger partial charge on any atom is -0.350 e. The molecule has 5 heterocycles. The lowest BCUT2D eigenvalue weighted by molar-refractivity contribution is 0.685. The number of hydrogen-bond donors (Lipinski definition) is 0. The van der Waals surface area contributed by atoms with Crippen LogP contribution in [0.3, 0.4) is 0 Å². The molecule has 144 valence electrons. The third kappa shape index (κ3) is 3.12. The Hall–Kier alpha value is -3.68. The fraction of sp³-hybridized carbons (Fsp3) is 0.238. The molecule has 5 rings (SSSR count). The lowest BCUT2D eigenvalue weighted by Crippen LogP contribution is -2.33. The first-order chi connectivity index (χ1) is 14.1. The van der Waals surface area contributed by atoms with Gasteiger partial charge in [-0.2, -0.15) is 4.52 Å². The number of hydrogen-bond acceptors (Lipinski definition) is 7. The number of anilines is 1. The molecule has 0 unspecified atom stereocenters. The summed E-state index contributed by atoms with van der Waals surface area (Å²) in [6.45, 7) is 5.29. The van der Waals surface area contributed by atoms with E-state index in [0.717, 1.165) is 46.7 Å². The van der Waals surface area contributed by atoms with Gasteiger partial charge in [0.1, 0.15) is 6.33 Å². The molecule has 0 atom stereocenters. The number of nitrogens with zero attached hydrogens (tertiary/aromatic N) is 7. The van der Waals surface area contributed by atoms with Crippen LogP contribution in [0.5, 0.6) is 0 Å². The summed E-state index contributed by atoms with van der Waals surface area (Å²) in [5.74, 6) is 0.796. The normalized spacial score (nSPS) is 13.5. The Kier molecular flexibility index (Phi) is 4.04. The third-order valence-corrected chi connectivity index (χ3v) is 5.18. The van der Waals surface area contributed by atoms with Gasteiger partial charge < -0.3 is 4.90 Å². The van der Waals surface area contributed by atoms with E-state index in [-0.39, 0.29) is 5.56 Å². The molecule has 0 saturated carbocycles. The maximum atomic E-state index is 12.4. The van der Waals surface area contributed by atoms with Gasteiger partial charge in [0.25, 0.3) is 5.56 Å². The standard InChI is InChI=1S/C21H19N7O/c1-13-5-19-25-14(2)6-20(29)28(19)26-21(13)27-4-3-18-16(11-27)7-15(10-24-18)17-8-22-12-23-9-17/h5-10,12H,3-4,11H2,1-2H3. The van der Waals surface area contributed by atoms with Crippen molar-refractivity contribution in [3.8, 4) is 11.1 Å². The minimum atomic E-state index is -0.167. The fourth-order valence-corrected chi connectivity index (χ4v) is 3.76. The van der Waals surface area contributed by atoms with Crippen LogP contribution in [0.1, 0.15) is 22.5 Å². The summed E-state index contributed by atoms with van der Waals surface area (Å²) in [6, 6.07) is 5.56.